The second-order valence-electron chi connectivity index (χ2n) is 4.81. The molecule has 2 nitrogen and oxygen atoms in total. The van der Waals surface area contributed by atoms with E-state index in [0.29, 0.717) is 5.92 Å². The highest BCUT2D eigenvalue weighted by molar-refractivity contribution is 5.69. The molecule has 0 aromatic rings. The summed E-state index contributed by atoms with van der Waals surface area (Å²) in [5.74, 6) is 1.32. The molecule has 0 spiro atoms. The van der Waals surface area contributed by atoms with E-state index in [1.807, 2.05) is 6.92 Å². The van der Waals surface area contributed by atoms with Gasteiger partial charge in [-0.05, 0) is 37.0 Å². The van der Waals surface area contributed by atoms with Crippen LogP contribution >= 0.6 is 0 Å². The Bertz CT molecular complexity index is 204. The summed E-state index contributed by atoms with van der Waals surface area (Å²) in [6.45, 7) is 1.88. The lowest BCUT2D eigenvalue weighted by Crippen LogP contribution is -2.37. The summed E-state index contributed by atoms with van der Waals surface area (Å²) in [4.78, 5) is 10.9. The van der Waals surface area contributed by atoms with Gasteiger partial charge in [0.05, 0.1) is 5.92 Å². The van der Waals surface area contributed by atoms with Gasteiger partial charge in [0.25, 0.3) is 0 Å². The minimum Gasteiger partial charge on any atom is -0.481 e. The molecule has 2 bridgehead atoms. The van der Waals surface area contributed by atoms with Crippen molar-refractivity contribution in [1.29, 1.82) is 0 Å². The molecule has 0 aromatic carbocycles. The SMILES string of the molecule is C[C@H](C(=O)O)C1CC2CCC1CC2. The molecular weight excluding hydrogens is 164 g/mol. The fourth-order valence-corrected chi connectivity index (χ4v) is 3.22. The predicted molar refractivity (Wildman–Crippen MR) is 50.4 cm³/mol. The van der Waals surface area contributed by atoms with Crippen molar-refractivity contribution in [2.75, 3.05) is 0 Å². The van der Waals surface area contributed by atoms with E-state index >= 15 is 0 Å². The zero-order chi connectivity index (χ0) is 9.42. The highest BCUT2D eigenvalue weighted by atomic mass is 16.4. The maximum Gasteiger partial charge on any atom is 0.306 e. The molecule has 3 aliphatic rings. The number of fused-ring (bicyclic) bond motifs is 3. The molecule has 0 amide bonds. The fraction of sp³-hybridized carbons (Fsp3) is 0.909. The van der Waals surface area contributed by atoms with Gasteiger partial charge in [0.1, 0.15) is 0 Å². The molecule has 3 rings (SSSR count). The molecule has 2 heteroatoms. The number of aliphatic carboxylic acids is 1. The van der Waals surface area contributed by atoms with Crippen LogP contribution in [0, 0.1) is 23.7 Å². The third-order valence-electron chi connectivity index (χ3n) is 4.13. The standard InChI is InChI=1S/C11H18O2/c1-7(11(12)13)10-6-8-2-4-9(10)5-3-8/h7-10H,2-6H2,1H3,(H,12,13)/t7-,8?,9?,10?/m0/s1. The Morgan fingerprint density at radius 3 is 2.31 bits per heavy atom. The lowest BCUT2D eigenvalue weighted by molar-refractivity contribution is -0.145. The molecule has 0 radical (unpaired) electrons. The topological polar surface area (TPSA) is 37.3 Å². The van der Waals surface area contributed by atoms with E-state index in [-0.39, 0.29) is 5.92 Å². The number of hydrogen-bond acceptors (Lipinski definition) is 1. The molecule has 74 valence electrons. The Labute approximate surface area is 79.3 Å². The first-order chi connectivity index (χ1) is 6.18. The summed E-state index contributed by atoms with van der Waals surface area (Å²) >= 11 is 0. The molecule has 0 heterocycles. The van der Waals surface area contributed by atoms with Crippen LogP contribution in [-0.2, 0) is 4.79 Å². The van der Waals surface area contributed by atoms with Crippen LogP contribution in [-0.4, -0.2) is 11.1 Å². The molecule has 3 aliphatic carbocycles. The molecule has 2 atom stereocenters. The number of rotatable bonds is 2. The van der Waals surface area contributed by atoms with Crippen LogP contribution in [0.2, 0.25) is 0 Å². The van der Waals surface area contributed by atoms with E-state index in [2.05, 4.69) is 0 Å². The van der Waals surface area contributed by atoms with Crippen LogP contribution in [0.3, 0.4) is 0 Å². The van der Waals surface area contributed by atoms with E-state index < -0.39 is 5.97 Å². The largest absolute Gasteiger partial charge is 0.481 e. The average molecular weight is 182 g/mol. The Morgan fingerprint density at radius 2 is 1.92 bits per heavy atom. The summed E-state index contributed by atoms with van der Waals surface area (Å²) in [6.07, 6.45) is 6.46. The van der Waals surface area contributed by atoms with E-state index in [0.717, 1.165) is 11.8 Å². The van der Waals surface area contributed by atoms with Gasteiger partial charge in [-0.25, -0.2) is 0 Å². The molecule has 3 saturated carbocycles. The summed E-state index contributed by atoms with van der Waals surface area (Å²) in [6, 6.07) is 0. The van der Waals surface area contributed by atoms with Crippen LogP contribution in [0.25, 0.3) is 0 Å². The van der Waals surface area contributed by atoms with Crippen molar-refractivity contribution in [2.24, 2.45) is 23.7 Å². The summed E-state index contributed by atoms with van der Waals surface area (Å²) in [5.41, 5.74) is 0. The van der Waals surface area contributed by atoms with Crippen molar-refractivity contribution in [3.63, 3.8) is 0 Å². The predicted octanol–water partition coefficient (Wildman–Crippen LogP) is 2.53. The van der Waals surface area contributed by atoms with E-state index in [9.17, 15) is 4.79 Å². The number of carbonyl (C=O) groups is 1. The van der Waals surface area contributed by atoms with Crippen molar-refractivity contribution in [1.82, 2.24) is 0 Å². The second kappa shape index (κ2) is 3.32. The first-order valence-corrected chi connectivity index (χ1v) is 5.41. The smallest absolute Gasteiger partial charge is 0.306 e. The summed E-state index contributed by atoms with van der Waals surface area (Å²) in [7, 11) is 0. The molecular formula is C11H18O2. The number of carboxylic acids is 1. The zero-order valence-corrected chi connectivity index (χ0v) is 8.20. The van der Waals surface area contributed by atoms with Crippen molar-refractivity contribution < 1.29 is 9.90 Å². The minimum absolute atomic E-state index is 0.118. The zero-order valence-electron chi connectivity index (χ0n) is 8.20. The van der Waals surface area contributed by atoms with Crippen molar-refractivity contribution in [2.45, 2.75) is 39.0 Å². The van der Waals surface area contributed by atoms with Gasteiger partial charge < -0.3 is 5.11 Å². The normalized spacial score (nSPS) is 40.2. The Balaban J connectivity index is 2.04. The first-order valence-electron chi connectivity index (χ1n) is 5.41. The van der Waals surface area contributed by atoms with Gasteiger partial charge in [-0.1, -0.05) is 19.8 Å². The second-order valence-corrected chi connectivity index (χ2v) is 4.81. The number of hydrogen-bond donors (Lipinski definition) is 1. The van der Waals surface area contributed by atoms with Crippen molar-refractivity contribution in [3.8, 4) is 0 Å². The monoisotopic (exact) mass is 182 g/mol. The fourth-order valence-electron chi connectivity index (χ4n) is 3.22. The maximum absolute atomic E-state index is 10.9. The maximum atomic E-state index is 10.9. The lowest BCUT2D eigenvalue weighted by atomic mass is 9.61. The van der Waals surface area contributed by atoms with Gasteiger partial charge in [0.2, 0.25) is 0 Å². The van der Waals surface area contributed by atoms with E-state index in [1.165, 1.54) is 32.1 Å². The van der Waals surface area contributed by atoms with Gasteiger partial charge in [-0.15, -0.1) is 0 Å². The molecule has 1 unspecified atom stereocenters. The average Bonchev–Trinajstić information content (AvgIpc) is 2.18. The lowest BCUT2D eigenvalue weighted by Gasteiger charge is -2.44. The van der Waals surface area contributed by atoms with Gasteiger partial charge in [-0.3, -0.25) is 4.79 Å². The van der Waals surface area contributed by atoms with Gasteiger partial charge in [0, 0.05) is 0 Å². The van der Waals surface area contributed by atoms with Gasteiger partial charge in [0.15, 0.2) is 0 Å². The Morgan fingerprint density at radius 1 is 1.31 bits per heavy atom. The van der Waals surface area contributed by atoms with Gasteiger partial charge in [-0.2, -0.15) is 0 Å². The first kappa shape index (κ1) is 9.04. The summed E-state index contributed by atoms with van der Waals surface area (Å²) < 4.78 is 0. The Hall–Kier alpha value is -0.530. The van der Waals surface area contributed by atoms with Crippen LogP contribution in [0.15, 0.2) is 0 Å². The third kappa shape index (κ3) is 1.59. The van der Waals surface area contributed by atoms with Crippen LogP contribution < -0.4 is 0 Å². The highest BCUT2D eigenvalue weighted by Gasteiger charge is 2.40. The molecule has 13 heavy (non-hydrogen) atoms. The van der Waals surface area contributed by atoms with Crippen LogP contribution in [0.5, 0.6) is 0 Å². The van der Waals surface area contributed by atoms with E-state index in [4.69, 9.17) is 5.11 Å². The van der Waals surface area contributed by atoms with Crippen molar-refractivity contribution >= 4 is 5.97 Å². The summed E-state index contributed by atoms with van der Waals surface area (Å²) in [5, 5.41) is 8.96. The third-order valence-corrected chi connectivity index (χ3v) is 4.13. The van der Waals surface area contributed by atoms with Crippen LogP contribution in [0.4, 0.5) is 0 Å². The Kier molecular flexibility index (Phi) is 2.31. The quantitative estimate of drug-likeness (QED) is 0.712. The highest BCUT2D eigenvalue weighted by Crippen LogP contribution is 2.47. The van der Waals surface area contributed by atoms with E-state index in [1.54, 1.807) is 0 Å². The minimum atomic E-state index is -0.599. The molecule has 0 aliphatic heterocycles. The molecule has 0 saturated heterocycles. The molecule has 3 fully saturated rings. The van der Waals surface area contributed by atoms with Gasteiger partial charge >= 0.3 is 5.97 Å². The molecule has 0 aromatic heterocycles. The molecule has 1 N–H and O–H groups in total. The van der Waals surface area contributed by atoms with Crippen LogP contribution in [0.1, 0.15) is 39.0 Å². The van der Waals surface area contributed by atoms with Crippen molar-refractivity contribution in [3.05, 3.63) is 0 Å². The number of carboxylic acid groups (broad SMARTS) is 1.